The normalized spacial score (nSPS) is 12.3. The minimum Gasteiger partial charge on any atom is -0.497 e. The van der Waals surface area contributed by atoms with Crippen molar-refractivity contribution in [3.63, 3.8) is 0 Å². The molecule has 0 aromatic heterocycles. The number of fused-ring (bicyclic) bond motifs is 2. The Labute approximate surface area is 150 Å². The van der Waals surface area contributed by atoms with Crippen LogP contribution in [0, 0.1) is 0 Å². The molecule has 0 saturated carbocycles. The molecular weight excluding hydrogens is 328 g/mol. The van der Waals surface area contributed by atoms with Crippen molar-refractivity contribution in [1.82, 2.24) is 0 Å². The van der Waals surface area contributed by atoms with E-state index in [1.807, 2.05) is 24.3 Å². The molecule has 0 aliphatic heterocycles. The molecular formula is C21H16N2O3. The molecule has 0 radical (unpaired) electrons. The van der Waals surface area contributed by atoms with Crippen LogP contribution in [0.3, 0.4) is 0 Å². The number of hydrogen-bond acceptors (Lipinski definition) is 5. The fourth-order valence-electron chi connectivity index (χ4n) is 3.21. The predicted octanol–water partition coefficient (Wildman–Crippen LogP) is 3.80. The Morgan fingerprint density at radius 2 is 1.54 bits per heavy atom. The van der Waals surface area contributed by atoms with Gasteiger partial charge in [0, 0.05) is 28.6 Å². The number of nitrogens with two attached hydrogens (primary N) is 1. The van der Waals surface area contributed by atoms with Crippen molar-refractivity contribution in [1.29, 1.82) is 0 Å². The number of anilines is 3. The van der Waals surface area contributed by atoms with E-state index >= 15 is 0 Å². The SMILES string of the molecule is COc1cccc(Nc2ccc(N)c3c2C(=O)c2ccccc2C3=O)c1. The van der Waals surface area contributed by atoms with Crippen molar-refractivity contribution < 1.29 is 14.3 Å². The van der Waals surface area contributed by atoms with Crippen molar-refractivity contribution in [2.24, 2.45) is 0 Å². The van der Waals surface area contributed by atoms with Crippen molar-refractivity contribution in [3.05, 3.63) is 82.9 Å². The number of methoxy groups -OCH3 is 1. The fraction of sp³-hybridized carbons (Fsp3) is 0.0476. The fourth-order valence-corrected chi connectivity index (χ4v) is 3.21. The van der Waals surface area contributed by atoms with Crippen LogP contribution in [-0.4, -0.2) is 18.7 Å². The predicted molar refractivity (Wildman–Crippen MR) is 100 cm³/mol. The summed E-state index contributed by atoms with van der Waals surface area (Å²) in [5.74, 6) is 0.238. The molecule has 128 valence electrons. The number of carbonyl (C=O) groups is 2. The average molecular weight is 344 g/mol. The van der Waals surface area contributed by atoms with Crippen LogP contribution in [-0.2, 0) is 0 Å². The van der Waals surface area contributed by atoms with Crippen LogP contribution in [0.1, 0.15) is 31.8 Å². The first kappa shape index (κ1) is 15.9. The highest BCUT2D eigenvalue weighted by molar-refractivity contribution is 6.31. The van der Waals surface area contributed by atoms with Crippen LogP contribution in [0.25, 0.3) is 0 Å². The van der Waals surface area contributed by atoms with E-state index in [0.717, 1.165) is 5.69 Å². The number of rotatable bonds is 3. The van der Waals surface area contributed by atoms with Gasteiger partial charge >= 0.3 is 0 Å². The standard InChI is InChI=1S/C21H16N2O3/c1-26-13-6-4-5-12(11-13)23-17-10-9-16(22)18-19(17)21(25)15-8-3-2-7-14(15)20(18)24/h2-11,23H,22H2,1H3. The summed E-state index contributed by atoms with van der Waals surface area (Å²) in [5, 5.41) is 3.21. The monoisotopic (exact) mass is 344 g/mol. The third-order valence-corrected chi connectivity index (χ3v) is 4.46. The third-order valence-electron chi connectivity index (χ3n) is 4.46. The zero-order valence-electron chi connectivity index (χ0n) is 14.1. The third kappa shape index (κ3) is 2.41. The summed E-state index contributed by atoms with van der Waals surface area (Å²) >= 11 is 0. The zero-order valence-corrected chi connectivity index (χ0v) is 14.1. The van der Waals surface area contributed by atoms with Gasteiger partial charge in [0.05, 0.1) is 23.9 Å². The highest BCUT2D eigenvalue weighted by Crippen LogP contribution is 2.36. The number of ketones is 2. The number of hydrogen-bond donors (Lipinski definition) is 2. The zero-order chi connectivity index (χ0) is 18.3. The number of benzene rings is 3. The van der Waals surface area contributed by atoms with E-state index in [-0.39, 0.29) is 17.1 Å². The number of nitrogen functional groups attached to an aromatic ring is 1. The van der Waals surface area contributed by atoms with E-state index < -0.39 is 0 Å². The van der Waals surface area contributed by atoms with Gasteiger partial charge in [-0.25, -0.2) is 0 Å². The van der Waals surface area contributed by atoms with Crippen LogP contribution in [0.2, 0.25) is 0 Å². The topological polar surface area (TPSA) is 81.4 Å². The Kier molecular flexibility index (Phi) is 3.69. The minimum absolute atomic E-state index is 0.215. The Balaban J connectivity index is 1.86. The first-order chi connectivity index (χ1) is 12.6. The van der Waals surface area contributed by atoms with Crippen molar-refractivity contribution in [2.75, 3.05) is 18.2 Å². The van der Waals surface area contributed by atoms with Crippen LogP contribution in [0.15, 0.2) is 60.7 Å². The molecule has 4 rings (SSSR count). The highest BCUT2D eigenvalue weighted by Gasteiger charge is 2.33. The summed E-state index contributed by atoms with van der Waals surface area (Å²) in [6, 6.07) is 17.5. The van der Waals surface area contributed by atoms with Crippen LogP contribution < -0.4 is 15.8 Å². The lowest BCUT2D eigenvalue weighted by atomic mass is 9.82. The lowest BCUT2D eigenvalue weighted by molar-refractivity contribution is 0.0980. The molecule has 0 unspecified atom stereocenters. The smallest absolute Gasteiger partial charge is 0.196 e. The molecule has 0 saturated heterocycles. The first-order valence-corrected chi connectivity index (χ1v) is 8.12. The maximum atomic E-state index is 13.1. The molecule has 0 bridgehead atoms. The van der Waals surface area contributed by atoms with E-state index in [9.17, 15) is 9.59 Å². The second-order valence-electron chi connectivity index (χ2n) is 6.01. The first-order valence-electron chi connectivity index (χ1n) is 8.12. The van der Waals surface area contributed by atoms with Gasteiger partial charge in [0.25, 0.3) is 0 Å². The quantitative estimate of drug-likeness (QED) is 0.553. The summed E-state index contributed by atoms with van der Waals surface area (Å²) in [6.07, 6.45) is 0. The van der Waals surface area contributed by atoms with Crippen LogP contribution >= 0.6 is 0 Å². The molecule has 0 heterocycles. The molecule has 5 heteroatoms. The average Bonchev–Trinajstić information content (AvgIpc) is 2.67. The molecule has 0 fully saturated rings. The van der Waals surface area contributed by atoms with Gasteiger partial charge in [-0.3, -0.25) is 9.59 Å². The second kappa shape index (κ2) is 6.04. The van der Waals surface area contributed by atoms with Crippen molar-refractivity contribution >= 4 is 28.6 Å². The lowest BCUT2D eigenvalue weighted by Gasteiger charge is -2.22. The molecule has 3 N–H and O–H groups in total. The van der Waals surface area contributed by atoms with Gasteiger partial charge in [-0.2, -0.15) is 0 Å². The summed E-state index contributed by atoms with van der Waals surface area (Å²) in [6.45, 7) is 0. The van der Waals surface area contributed by atoms with Crippen LogP contribution in [0.4, 0.5) is 17.1 Å². The molecule has 0 spiro atoms. The van der Waals surface area contributed by atoms with Gasteiger partial charge in [-0.05, 0) is 24.3 Å². The highest BCUT2D eigenvalue weighted by atomic mass is 16.5. The van der Waals surface area contributed by atoms with E-state index in [1.54, 1.807) is 43.5 Å². The van der Waals surface area contributed by atoms with Gasteiger partial charge in [-0.15, -0.1) is 0 Å². The molecule has 0 atom stereocenters. The lowest BCUT2D eigenvalue weighted by Crippen LogP contribution is -2.23. The Bertz CT molecular complexity index is 1060. The number of carbonyl (C=O) groups excluding carboxylic acids is 2. The summed E-state index contributed by atoms with van der Waals surface area (Å²) in [5.41, 5.74) is 8.95. The van der Waals surface area contributed by atoms with E-state index in [1.165, 1.54) is 0 Å². The Morgan fingerprint density at radius 1 is 0.846 bits per heavy atom. The van der Waals surface area contributed by atoms with E-state index in [4.69, 9.17) is 10.5 Å². The number of ether oxygens (including phenoxy) is 1. The molecule has 5 nitrogen and oxygen atoms in total. The summed E-state index contributed by atoms with van der Waals surface area (Å²) in [4.78, 5) is 26.0. The van der Waals surface area contributed by atoms with Crippen molar-refractivity contribution in [3.8, 4) is 5.75 Å². The van der Waals surface area contributed by atoms with Gasteiger partial charge in [0.1, 0.15) is 5.75 Å². The van der Waals surface area contributed by atoms with Crippen molar-refractivity contribution in [2.45, 2.75) is 0 Å². The molecule has 1 aliphatic rings. The van der Waals surface area contributed by atoms with Gasteiger partial charge in [0.2, 0.25) is 0 Å². The Hall–Kier alpha value is -3.60. The second-order valence-corrected chi connectivity index (χ2v) is 6.01. The van der Waals surface area contributed by atoms with Gasteiger partial charge < -0.3 is 15.8 Å². The maximum absolute atomic E-state index is 13.1. The summed E-state index contributed by atoms with van der Waals surface area (Å²) in [7, 11) is 1.59. The van der Waals surface area contributed by atoms with Gasteiger partial charge in [-0.1, -0.05) is 30.3 Å². The van der Waals surface area contributed by atoms with E-state index in [2.05, 4.69) is 5.32 Å². The van der Waals surface area contributed by atoms with Crippen LogP contribution in [0.5, 0.6) is 5.75 Å². The Morgan fingerprint density at radius 3 is 2.23 bits per heavy atom. The number of nitrogens with one attached hydrogen (secondary N) is 1. The minimum atomic E-state index is -0.234. The van der Waals surface area contributed by atoms with Gasteiger partial charge in [0.15, 0.2) is 11.6 Å². The molecule has 26 heavy (non-hydrogen) atoms. The largest absolute Gasteiger partial charge is 0.497 e. The molecule has 3 aromatic carbocycles. The molecule has 1 aliphatic carbocycles. The van der Waals surface area contributed by atoms with E-state index in [0.29, 0.717) is 33.8 Å². The molecule has 0 amide bonds. The maximum Gasteiger partial charge on any atom is 0.196 e. The summed E-state index contributed by atoms with van der Waals surface area (Å²) < 4.78 is 5.23. The molecule has 3 aromatic rings.